The average Bonchev–Trinajstić information content (AvgIpc) is 1.88. The van der Waals surface area contributed by atoms with Crippen LogP contribution in [0.25, 0.3) is 0 Å². The molecule has 1 aromatic rings. The van der Waals surface area contributed by atoms with E-state index in [4.69, 9.17) is 5.21 Å². The molecule has 2 nitrogen and oxygen atoms in total. The molecule has 10 heavy (non-hydrogen) atoms. The Balaban J connectivity index is 3.07. The molecule has 1 rings (SSSR count). The quantitative estimate of drug-likeness (QED) is 0.691. The van der Waals surface area contributed by atoms with Crippen LogP contribution >= 0.6 is 15.9 Å². The predicted octanol–water partition coefficient (Wildman–Crippen LogP) is 2.39. The molecule has 0 saturated heterocycles. The van der Waals surface area contributed by atoms with Crippen molar-refractivity contribution in [1.82, 2.24) is 0 Å². The minimum absolute atomic E-state index is 0.0724. The molecule has 0 aliphatic rings. The van der Waals surface area contributed by atoms with Gasteiger partial charge in [-0.05, 0) is 18.2 Å². The van der Waals surface area contributed by atoms with Gasteiger partial charge in [0.15, 0.2) is 0 Å². The summed E-state index contributed by atoms with van der Waals surface area (Å²) >= 11 is 3.08. The van der Waals surface area contributed by atoms with Crippen molar-refractivity contribution in [2.45, 2.75) is 0 Å². The van der Waals surface area contributed by atoms with Gasteiger partial charge in [0.05, 0.1) is 5.69 Å². The Hall–Kier alpha value is -0.610. The molecule has 0 aliphatic heterocycles. The molecule has 54 valence electrons. The van der Waals surface area contributed by atoms with E-state index in [0.29, 0.717) is 4.47 Å². The van der Waals surface area contributed by atoms with Gasteiger partial charge in [-0.3, -0.25) is 10.7 Å². The van der Waals surface area contributed by atoms with Crippen molar-refractivity contribution >= 4 is 21.6 Å². The van der Waals surface area contributed by atoms with Crippen LogP contribution in [0.4, 0.5) is 10.1 Å². The summed E-state index contributed by atoms with van der Waals surface area (Å²) in [6.07, 6.45) is 0. The molecule has 0 fully saturated rings. The van der Waals surface area contributed by atoms with Crippen LogP contribution in [0.2, 0.25) is 0 Å². The Bertz CT molecular complexity index is 241. The van der Waals surface area contributed by atoms with Crippen molar-refractivity contribution in [1.29, 1.82) is 0 Å². The van der Waals surface area contributed by atoms with Gasteiger partial charge in [0, 0.05) is 4.47 Å². The standard InChI is InChI=1S/C6H5BrFNO/c7-4-1-2-6(9-10)5(8)3-4/h1-3,9-10H. The van der Waals surface area contributed by atoms with Crippen molar-refractivity contribution in [3.63, 3.8) is 0 Å². The average molecular weight is 206 g/mol. The lowest BCUT2D eigenvalue weighted by molar-refractivity contribution is 0.384. The van der Waals surface area contributed by atoms with Gasteiger partial charge >= 0.3 is 0 Å². The molecule has 0 aromatic heterocycles. The van der Waals surface area contributed by atoms with E-state index in [1.54, 1.807) is 11.5 Å². The number of benzene rings is 1. The Morgan fingerprint density at radius 1 is 1.50 bits per heavy atom. The van der Waals surface area contributed by atoms with Crippen LogP contribution in [0.1, 0.15) is 0 Å². The molecule has 0 amide bonds. The van der Waals surface area contributed by atoms with Crippen LogP contribution in [0.3, 0.4) is 0 Å². The summed E-state index contributed by atoms with van der Waals surface area (Å²) in [6, 6.07) is 4.32. The molecule has 0 atom stereocenters. The number of halogens is 2. The maximum atomic E-state index is 12.6. The number of hydrogen-bond donors (Lipinski definition) is 2. The number of nitrogens with one attached hydrogen (secondary N) is 1. The first-order chi connectivity index (χ1) is 4.74. The molecule has 0 saturated carbocycles. The molecule has 0 unspecified atom stereocenters. The van der Waals surface area contributed by atoms with Crippen molar-refractivity contribution in [2.24, 2.45) is 0 Å². The summed E-state index contributed by atoms with van der Waals surface area (Å²) in [5, 5.41) is 8.30. The minimum atomic E-state index is -0.489. The van der Waals surface area contributed by atoms with Gasteiger partial charge in [0.25, 0.3) is 0 Å². The summed E-state index contributed by atoms with van der Waals surface area (Å²) in [5.74, 6) is -0.489. The Labute approximate surface area is 65.8 Å². The molecule has 4 heteroatoms. The molecule has 2 N–H and O–H groups in total. The zero-order valence-electron chi connectivity index (χ0n) is 4.94. The minimum Gasteiger partial charge on any atom is -0.291 e. The second-order valence-electron chi connectivity index (χ2n) is 1.74. The van der Waals surface area contributed by atoms with E-state index in [0.717, 1.165) is 0 Å². The molecule has 0 radical (unpaired) electrons. The van der Waals surface area contributed by atoms with Crippen molar-refractivity contribution < 1.29 is 9.60 Å². The molecule has 0 bridgehead atoms. The third-order valence-electron chi connectivity index (χ3n) is 1.05. The molecule has 0 heterocycles. The van der Waals surface area contributed by atoms with Crippen LogP contribution in [0.15, 0.2) is 22.7 Å². The van der Waals surface area contributed by atoms with E-state index in [9.17, 15) is 4.39 Å². The summed E-state index contributed by atoms with van der Waals surface area (Å²) in [5.41, 5.74) is 1.80. The van der Waals surface area contributed by atoms with E-state index >= 15 is 0 Å². The summed E-state index contributed by atoms with van der Waals surface area (Å²) < 4.78 is 13.2. The lowest BCUT2D eigenvalue weighted by Crippen LogP contribution is -1.91. The number of anilines is 1. The fourth-order valence-electron chi connectivity index (χ4n) is 0.580. The highest BCUT2D eigenvalue weighted by Gasteiger charge is 1.98. The first kappa shape index (κ1) is 7.50. The van der Waals surface area contributed by atoms with E-state index in [2.05, 4.69) is 15.9 Å². The van der Waals surface area contributed by atoms with Crippen LogP contribution in [0, 0.1) is 5.82 Å². The highest BCUT2D eigenvalue weighted by molar-refractivity contribution is 9.10. The smallest absolute Gasteiger partial charge is 0.149 e. The van der Waals surface area contributed by atoms with Gasteiger partial charge in [0.2, 0.25) is 0 Å². The van der Waals surface area contributed by atoms with E-state index < -0.39 is 5.82 Å². The van der Waals surface area contributed by atoms with Gasteiger partial charge < -0.3 is 0 Å². The zero-order valence-corrected chi connectivity index (χ0v) is 6.52. The Morgan fingerprint density at radius 2 is 2.20 bits per heavy atom. The highest BCUT2D eigenvalue weighted by Crippen LogP contribution is 2.18. The largest absolute Gasteiger partial charge is 0.291 e. The van der Waals surface area contributed by atoms with E-state index in [-0.39, 0.29) is 5.69 Å². The molecular formula is C6H5BrFNO. The van der Waals surface area contributed by atoms with Crippen molar-refractivity contribution in [3.8, 4) is 0 Å². The maximum absolute atomic E-state index is 12.6. The van der Waals surface area contributed by atoms with Crippen LogP contribution in [-0.2, 0) is 0 Å². The Kier molecular flexibility index (Phi) is 2.24. The predicted molar refractivity (Wildman–Crippen MR) is 39.5 cm³/mol. The van der Waals surface area contributed by atoms with Crippen molar-refractivity contribution in [2.75, 3.05) is 5.48 Å². The first-order valence-corrected chi connectivity index (χ1v) is 3.38. The zero-order chi connectivity index (χ0) is 7.56. The number of hydrogen-bond acceptors (Lipinski definition) is 2. The maximum Gasteiger partial charge on any atom is 0.149 e. The molecule has 0 spiro atoms. The van der Waals surface area contributed by atoms with Gasteiger partial charge in [0.1, 0.15) is 5.82 Å². The monoisotopic (exact) mass is 205 g/mol. The topological polar surface area (TPSA) is 32.3 Å². The SMILES string of the molecule is ONc1ccc(Br)cc1F. The fraction of sp³-hybridized carbons (Fsp3) is 0. The van der Waals surface area contributed by atoms with Crippen LogP contribution < -0.4 is 5.48 Å². The van der Waals surface area contributed by atoms with Gasteiger partial charge in [-0.25, -0.2) is 4.39 Å². The molecular weight excluding hydrogens is 201 g/mol. The summed E-state index contributed by atoms with van der Waals surface area (Å²) in [7, 11) is 0. The van der Waals surface area contributed by atoms with Gasteiger partial charge in [-0.1, -0.05) is 15.9 Å². The normalized spacial score (nSPS) is 9.50. The lowest BCUT2D eigenvalue weighted by Gasteiger charge is -1.99. The third kappa shape index (κ3) is 1.46. The number of rotatable bonds is 1. The van der Waals surface area contributed by atoms with E-state index in [1.807, 2.05) is 0 Å². The molecule has 0 aliphatic carbocycles. The second kappa shape index (κ2) is 2.98. The highest BCUT2D eigenvalue weighted by atomic mass is 79.9. The summed E-state index contributed by atoms with van der Waals surface area (Å²) in [6.45, 7) is 0. The van der Waals surface area contributed by atoms with Crippen molar-refractivity contribution in [3.05, 3.63) is 28.5 Å². The van der Waals surface area contributed by atoms with Gasteiger partial charge in [-0.15, -0.1) is 0 Å². The second-order valence-corrected chi connectivity index (χ2v) is 2.65. The summed E-state index contributed by atoms with van der Waals surface area (Å²) in [4.78, 5) is 0. The Morgan fingerprint density at radius 3 is 2.70 bits per heavy atom. The first-order valence-electron chi connectivity index (χ1n) is 2.59. The fourth-order valence-corrected chi connectivity index (χ4v) is 0.913. The van der Waals surface area contributed by atoms with Gasteiger partial charge in [-0.2, -0.15) is 0 Å². The van der Waals surface area contributed by atoms with E-state index in [1.165, 1.54) is 12.1 Å². The third-order valence-corrected chi connectivity index (χ3v) is 1.54. The van der Waals surface area contributed by atoms with Crippen LogP contribution in [0.5, 0.6) is 0 Å². The lowest BCUT2D eigenvalue weighted by atomic mass is 10.3. The van der Waals surface area contributed by atoms with Crippen LogP contribution in [-0.4, -0.2) is 5.21 Å². The molecule has 1 aromatic carbocycles.